The van der Waals surface area contributed by atoms with E-state index in [1.165, 1.54) is 16.7 Å². The Labute approximate surface area is 175 Å². The van der Waals surface area contributed by atoms with E-state index >= 15 is 0 Å². The number of benzene rings is 2. The highest BCUT2D eigenvalue weighted by Crippen LogP contribution is 2.21. The molecular formula is C20H18N4O5S. The van der Waals surface area contributed by atoms with Crippen LogP contribution in [-0.4, -0.2) is 38.5 Å². The molecule has 0 spiro atoms. The molecule has 0 aliphatic carbocycles. The number of phenols is 1. The Morgan fingerprint density at radius 2 is 1.93 bits per heavy atom. The van der Waals surface area contributed by atoms with E-state index in [-0.39, 0.29) is 21.6 Å². The minimum Gasteiger partial charge on any atom is -0.507 e. The zero-order valence-electron chi connectivity index (χ0n) is 15.8. The highest BCUT2D eigenvalue weighted by atomic mass is 32.1. The second-order valence-electron chi connectivity index (χ2n) is 5.98. The molecule has 0 radical (unpaired) electrons. The lowest BCUT2D eigenvalue weighted by atomic mass is 10.2. The SMILES string of the molecule is CCOc1ccc(-n2c(O)c(C=NNC(=O)c3ccccc3O)c(=O)[nH]c2=S)cc1. The molecular weight excluding hydrogens is 408 g/mol. The number of nitrogens with zero attached hydrogens (tertiary/aromatic N) is 2. The molecule has 10 heteroatoms. The van der Waals surface area contributed by atoms with Gasteiger partial charge in [0.15, 0.2) is 4.77 Å². The van der Waals surface area contributed by atoms with Gasteiger partial charge in [0, 0.05) is 0 Å². The predicted octanol–water partition coefficient (Wildman–Crippen LogP) is 2.47. The zero-order valence-corrected chi connectivity index (χ0v) is 16.6. The van der Waals surface area contributed by atoms with Crippen LogP contribution in [0.25, 0.3) is 5.69 Å². The molecule has 2 aromatic carbocycles. The fourth-order valence-electron chi connectivity index (χ4n) is 2.63. The van der Waals surface area contributed by atoms with Crippen molar-refractivity contribution < 1.29 is 19.7 Å². The number of nitrogens with one attached hydrogen (secondary N) is 2. The number of hydrazone groups is 1. The fraction of sp³-hybridized carbons (Fsp3) is 0.100. The first kappa shape index (κ1) is 20.8. The summed E-state index contributed by atoms with van der Waals surface area (Å²) >= 11 is 5.16. The third-order valence-electron chi connectivity index (χ3n) is 4.04. The van der Waals surface area contributed by atoms with Crippen LogP contribution in [0, 0.1) is 4.77 Å². The summed E-state index contributed by atoms with van der Waals surface area (Å²) < 4.78 is 6.62. The average molecular weight is 426 g/mol. The zero-order chi connectivity index (χ0) is 21.7. The number of aromatic amines is 1. The number of phenolic OH excluding ortho intramolecular Hbond substituents is 1. The van der Waals surface area contributed by atoms with Gasteiger partial charge in [-0.3, -0.25) is 19.1 Å². The maximum atomic E-state index is 12.2. The fourth-order valence-corrected chi connectivity index (χ4v) is 2.92. The molecule has 0 unspecified atom stereocenters. The molecule has 0 fully saturated rings. The number of aromatic nitrogens is 2. The first-order chi connectivity index (χ1) is 14.4. The largest absolute Gasteiger partial charge is 0.507 e. The molecule has 0 saturated carbocycles. The van der Waals surface area contributed by atoms with Gasteiger partial charge in [0.05, 0.1) is 24.1 Å². The third kappa shape index (κ3) is 4.39. The van der Waals surface area contributed by atoms with Gasteiger partial charge in [-0.1, -0.05) is 12.1 Å². The van der Waals surface area contributed by atoms with E-state index in [0.717, 1.165) is 6.21 Å². The Bertz CT molecular complexity index is 1220. The van der Waals surface area contributed by atoms with Gasteiger partial charge < -0.3 is 14.9 Å². The summed E-state index contributed by atoms with van der Waals surface area (Å²) in [6, 6.07) is 12.7. The highest BCUT2D eigenvalue weighted by molar-refractivity contribution is 7.71. The van der Waals surface area contributed by atoms with Crippen LogP contribution in [0.3, 0.4) is 0 Å². The second kappa shape index (κ2) is 9.05. The Hall–Kier alpha value is -3.92. The Morgan fingerprint density at radius 3 is 2.60 bits per heavy atom. The normalized spacial score (nSPS) is 10.8. The monoisotopic (exact) mass is 426 g/mol. The lowest BCUT2D eigenvalue weighted by Crippen LogP contribution is -2.21. The molecule has 0 aliphatic rings. The highest BCUT2D eigenvalue weighted by Gasteiger charge is 2.14. The molecule has 1 amide bonds. The van der Waals surface area contributed by atoms with Crippen LogP contribution >= 0.6 is 12.2 Å². The van der Waals surface area contributed by atoms with Crippen molar-refractivity contribution in [2.24, 2.45) is 5.10 Å². The first-order valence-corrected chi connectivity index (χ1v) is 9.26. The number of carbonyl (C=O) groups excluding carboxylic acids is 1. The van der Waals surface area contributed by atoms with Crippen molar-refractivity contribution in [3.63, 3.8) is 0 Å². The van der Waals surface area contributed by atoms with E-state index in [1.54, 1.807) is 36.4 Å². The molecule has 9 nitrogen and oxygen atoms in total. The predicted molar refractivity (Wildman–Crippen MR) is 113 cm³/mol. The van der Waals surface area contributed by atoms with Crippen LogP contribution in [-0.2, 0) is 0 Å². The summed E-state index contributed by atoms with van der Waals surface area (Å²) in [6.45, 7) is 2.37. The van der Waals surface area contributed by atoms with Gasteiger partial charge in [-0.2, -0.15) is 5.10 Å². The molecule has 1 aromatic heterocycles. The smallest absolute Gasteiger partial charge is 0.275 e. The van der Waals surface area contributed by atoms with Crippen LogP contribution in [0.5, 0.6) is 17.4 Å². The van der Waals surface area contributed by atoms with E-state index in [4.69, 9.17) is 17.0 Å². The molecule has 154 valence electrons. The average Bonchev–Trinajstić information content (AvgIpc) is 2.72. The second-order valence-corrected chi connectivity index (χ2v) is 6.36. The van der Waals surface area contributed by atoms with Crippen molar-refractivity contribution in [1.29, 1.82) is 0 Å². The standard InChI is InChI=1S/C20H18N4O5S/c1-2-29-13-9-7-12(8-10-13)24-19(28)15(17(26)22-20(24)30)11-21-23-18(27)14-5-3-4-6-16(14)25/h3-11,25,28H,2H2,1H3,(H,23,27)(H,22,26,30). The summed E-state index contributed by atoms with van der Waals surface area (Å²) in [5.41, 5.74) is 1.80. The molecule has 0 aliphatic heterocycles. The van der Waals surface area contributed by atoms with Gasteiger partial charge in [-0.05, 0) is 55.5 Å². The number of hydrogen-bond acceptors (Lipinski definition) is 7. The van der Waals surface area contributed by atoms with Crippen molar-refractivity contribution in [3.8, 4) is 23.1 Å². The lowest BCUT2D eigenvalue weighted by molar-refractivity contribution is 0.0952. The van der Waals surface area contributed by atoms with Gasteiger partial charge in [0.1, 0.15) is 17.1 Å². The summed E-state index contributed by atoms with van der Waals surface area (Å²) in [5, 5.41) is 24.0. The number of amides is 1. The van der Waals surface area contributed by atoms with E-state index in [2.05, 4.69) is 15.5 Å². The summed E-state index contributed by atoms with van der Waals surface area (Å²) in [4.78, 5) is 26.8. The molecule has 0 saturated heterocycles. The molecule has 4 N–H and O–H groups in total. The van der Waals surface area contributed by atoms with Crippen LogP contribution in [0.1, 0.15) is 22.8 Å². The van der Waals surface area contributed by atoms with E-state index < -0.39 is 17.3 Å². The number of H-pyrrole nitrogens is 1. The van der Waals surface area contributed by atoms with Crippen molar-refractivity contribution in [1.82, 2.24) is 15.0 Å². The maximum Gasteiger partial charge on any atom is 0.275 e. The molecule has 3 rings (SSSR count). The van der Waals surface area contributed by atoms with Crippen molar-refractivity contribution in [2.45, 2.75) is 6.92 Å². The Kier molecular flexibility index (Phi) is 6.28. The minimum absolute atomic E-state index is 0.0122. The topological polar surface area (TPSA) is 129 Å². The van der Waals surface area contributed by atoms with E-state index in [1.807, 2.05) is 6.92 Å². The lowest BCUT2D eigenvalue weighted by Gasteiger charge is -2.12. The van der Waals surface area contributed by atoms with Gasteiger partial charge in [-0.25, -0.2) is 5.43 Å². The number of ether oxygens (including phenoxy) is 1. The van der Waals surface area contributed by atoms with Crippen molar-refractivity contribution >= 4 is 24.3 Å². The van der Waals surface area contributed by atoms with E-state index in [9.17, 15) is 19.8 Å². The molecule has 0 bridgehead atoms. The number of rotatable bonds is 6. The van der Waals surface area contributed by atoms with Crippen molar-refractivity contribution in [3.05, 3.63) is 74.8 Å². The van der Waals surface area contributed by atoms with E-state index in [0.29, 0.717) is 18.0 Å². The first-order valence-electron chi connectivity index (χ1n) is 8.85. The van der Waals surface area contributed by atoms with Gasteiger partial charge in [0.25, 0.3) is 11.5 Å². The van der Waals surface area contributed by atoms with Crippen LogP contribution in [0.2, 0.25) is 0 Å². The quantitative estimate of drug-likeness (QED) is 0.272. The Balaban J connectivity index is 1.90. The number of carbonyl (C=O) groups is 1. The van der Waals surface area contributed by atoms with Crippen molar-refractivity contribution in [2.75, 3.05) is 6.61 Å². The summed E-state index contributed by atoms with van der Waals surface area (Å²) in [7, 11) is 0. The maximum absolute atomic E-state index is 12.2. The van der Waals surface area contributed by atoms with Crippen LogP contribution in [0.4, 0.5) is 0 Å². The van der Waals surface area contributed by atoms with Gasteiger partial charge in [0.2, 0.25) is 5.88 Å². The number of para-hydroxylation sites is 1. The number of aromatic hydroxyl groups is 2. The summed E-state index contributed by atoms with van der Waals surface area (Å²) in [5.74, 6) is -0.701. The van der Waals surface area contributed by atoms with Crippen LogP contribution in [0.15, 0.2) is 58.4 Å². The van der Waals surface area contributed by atoms with Crippen LogP contribution < -0.4 is 15.7 Å². The van der Waals surface area contributed by atoms with Gasteiger partial charge in [-0.15, -0.1) is 0 Å². The molecule has 0 atom stereocenters. The molecule has 1 heterocycles. The molecule has 30 heavy (non-hydrogen) atoms. The number of hydrogen-bond donors (Lipinski definition) is 4. The minimum atomic E-state index is -0.681. The van der Waals surface area contributed by atoms with Gasteiger partial charge >= 0.3 is 0 Å². The Morgan fingerprint density at radius 1 is 1.23 bits per heavy atom. The summed E-state index contributed by atoms with van der Waals surface area (Å²) in [6.07, 6.45) is 0.992. The molecule has 3 aromatic rings. The third-order valence-corrected chi connectivity index (χ3v) is 4.32.